The molecule has 4 amide bonds. The second-order valence-electron chi connectivity index (χ2n) is 8.99. The molecule has 1 aliphatic heterocycles. The molecule has 8 nitrogen and oxygen atoms in total. The molecule has 0 atom stereocenters. The minimum absolute atomic E-state index is 0.0709. The van der Waals surface area contributed by atoms with E-state index in [1.807, 2.05) is 38.1 Å². The largest absolute Gasteiger partial charge is 0.490 e. The second-order valence-corrected chi connectivity index (χ2v) is 11.7. The van der Waals surface area contributed by atoms with E-state index in [9.17, 15) is 14.4 Å². The van der Waals surface area contributed by atoms with Gasteiger partial charge in [0.15, 0.2) is 11.5 Å². The maximum atomic E-state index is 13.5. The monoisotopic (exact) mass is 748 g/mol. The van der Waals surface area contributed by atoms with E-state index in [-0.39, 0.29) is 18.7 Å². The Kier molecular flexibility index (Phi) is 10.6. The van der Waals surface area contributed by atoms with Crippen molar-refractivity contribution in [3.63, 3.8) is 0 Å². The van der Waals surface area contributed by atoms with Crippen LogP contribution in [0.5, 0.6) is 17.2 Å². The summed E-state index contributed by atoms with van der Waals surface area (Å²) in [6.07, 6.45) is 2.27. The number of nitrogens with zero attached hydrogens (tertiary/aromatic N) is 1. The molecule has 0 aromatic heterocycles. The average Bonchev–Trinajstić information content (AvgIpc) is 2.93. The molecule has 1 saturated heterocycles. The van der Waals surface area contributed by atoms with Crippen LogP contribution in [-0.2, 0) is 22.7 Å². The highest BCUT2D eigenvalue weighted by Crippen LogP contribution is 2.36. The van der Waals surface area contributed by atoms with E-state index >= 15 is 0 Å². The van der Waals surface area contributed by atoms with Crippen molar-refractivity contribution in [2.45, 2.75) is 33.4 Å². The van der Waals surface area contributed by atoms with Gasteiger partial charge in [0.05, 0.1) is 24.2 Å². The fourth-order valence-corrected chi connectivity index (χ4v) is 5.64. The fourth-order valence-electron chi connectivity index (χ4n) is 4.00. The number of benzene rings is 3. The van der Waals surface area contributed by atoms with Gasteiger partial charge in [-0.3, -0.25) is 19.8 Å². The van der Waals surface area contributed by atoms with Gasteiger partial charge in [0.25, 0.3) is 11.8 Å². The van der Waals surface area contributed by atoms with Gasteiger partial charge in [0.1, 0.15) is 17.9 Å². The quantitative estimate of drug-likeness (QED) is 0.162. The van der Waals surface area contributed by atoms with Crippen molar-refractivity contribution < 1.29 is 28.6 Å². The minimum Gasteiger partial charge on any atom is -0.490 e. The first-order valence-electron chi connectivity index (χ1n) is 12.8. The maximum Gasteiger partial charge on any atom is 0.331 e. The van der Waals surface area contributed by atoms with Crippen LogP contribution in [0.2, 0.25) is 0 Å². The number of hydrogen-bond donors (Lipinski definition) is 1. The topological polar surface area (TPSA) is 94.2 Å². The molecule has 41 heavy (non-hydrogen) atoms. The van der Waals surface area contributed by atoms with Gasteiger partial charge >= 0.3 is 6.03 Å². The van der Waals surface area contributed by atoms with Gasteiger partial charge < -0.3 is 14.2 Å². The molecule has 3 aromatic rings. The number of halogens is 3. The molecule has 1 N–H and O–H groups in total. The number of hydrogen-bond acceptors (Lipinski definition) is 6. The highest BCUT2D eigenvalue weighted by Gasteiger charge is 2.36. The van der Waals surface area contributed by atoms with Crippen LogP contribution < -0.4 is 19.5 Å². The molecule has 0 radical (unpaired) electrons. The first-order valence-corrected chi connectivity index (χ1v) is 15.2. The summed E-state index contributed by atoms with van der Waals surface area (Å²) < 4.78 is 19.8. The summed E-state index contributed by atoms with van der Waals surface area (Å²) in [6, 6.07) is 15.7. The Morgan fingerprint density at radius 1 is 0.829 bits per heavy atom. The Labute approximate surface area is 263 Å². The first kappa shape index (κ1) is 30.8. The van der Waals surface area contributed by atoms with E-state index in [2.05, 4.69) is 53.1 Å². The number of imide groups is 2. The van der Waals surface area contributed by atoms with Crippen molar-refractivity contribution in [3.05, 3.63) is 90.3 Å². The lowest BCUT2D eigenvalue weighted by Crippen LogP contribution is -2.53. The zero-order valence-corrected chi connectivity index (χ0v) is 27.1. The number of ether oxygens (including phenoxy) is 3. The van der Waals surface area contributed by atoms with Gasteiger partial charge in [-0.2, -0.15) is 0 Å². The summed E-state index contributed by atoms with van der Waals surface area (Å²) in [6.45, 7) is 5.00. The molecule has 0 spiro atoms. The Morgan fingerprint density at radius 3 is 2.27 bits per heavy atom. The lowest BCUT2D eigenvalue weighted by molar-refractivity contribution is -0.130. The number of carbonyl (C=O) groups excluding carboxylic acids is 3. The number of rotatable bonds is 11. The zero-order valence-electron chi connectivity index (χ0n) is 22.3. The molecule has 0 saturated carbocycles. The standard InChI is InChI=1S/C30H27Br3N2O6/c1-3-11-40-25-10-7-19(12-26(25)39-4-2)16-35-29(37)23(28(36)34-30(35)38)14-20-13-22(32)15-24(33)27(20)41-17-18-5-8-21(31)9-6-18/h5-10,12-15H,3-4,11,16-17H2,1-2H3,(H,34,36,38)/b23-14+. The van der Waals surface area contributed by atoms with E-state index in [0.717, 1.165) is 21.4 Å². The summed E-state index contributed by atoms with van der Waals surface area (Å²) >= 11 is 10.4. The highest BCUT2D eigenvalue weighted by molar-refractivity contribution is 9.11. The number of amides is 4. The Morgan fingerprint density at radius 2 is 1.56 bits per heavy atom. The van der Waals surface area contributed by atoms with Crippen LogP contribution in [-0.4, -0.2) is 36.0 Å². The van der Waals surface area contributed by atoms with E-state index in [1.54, 1.807) is 30.3 Å². The molecule has 0 aliphatic carbocycles. The smallest absolute Gasteiger partial charge is 0.331 e. The number of nitrogens with one attached hydrogen (secondary N) is 1. The maximum absolute atomic E-state index is 13.5. The van der Waals surface area contributed by atoms with Gasteiger partial charge in [-0.1, -0.05) is 57.0 Å². The third-order valence-corrected chi connectivity index (χ3v) is 7.51. The van der Waals surface area contributed by atoms with Crippen molar-refractivity contribution in [1.29, 1.82) is 0 Å². The van der Waals surface area contributed by atoms with Crippen molar-refractivity contribution in [2.75, 3.05) is 13.2 Å². The molecular formula is C30H27Br3N2O6. The predicted octanol–water partition coefficient (Wildman–Crippen LogP) is 7.40. The average molecular weight is 751 g/mol. The van der Waals surface area contributed by atoms with Crippen molar-refractivity contribution in [3.8, 4) is 17.2 Å². The van der Waals surface area contributed by atoms with Crippen molar-refractivity contribution in [1.82, 2.24) is 10.2 Å². The molecule has 214 valence electrons. The third-order valence-electron chi connectivity index (χ3n) is 5.93. The fraction of sp³-hybridized carbons (Fsp3) is 0.233. The van der Waals surface area contributed by atoms with Crippen LogP contribution in [0, 0.1) is 0 Å². The third kappa shape index (κ3) is 7.78. The molecule has 3 aromatic carbocycles. The molecule has 4 rings (SSSR count). The van der Waals surface area contributed by atoms with E-state index < -0.39 is 17.8 Å². The molecule has 1 fully saturated rings. The molecule has 11 heteroatoms. The lowest BCUT2D eigenvalue weighted by atomic mass is 10.1. The van der Waals surface area contributed by atoms with Gasteiger partial charge in [-0.15, -0.1) is 0 Å². The predicted molar refractivity (Wildman–Crippen MR) is 166 cm³/mol. The van der Waals surface area contributed by atoms with Crippen LogP contribution in [0.4, 0.5) is 4.79 Å². The summed E-state index contributed by atoms with van der Waals surface area (Å²) in [7, 11) is 0. The molecule has 0 unspecified atom stereocenters. The first-order chi connectivity index (χ1) is 19.7. The summed E-state index contributed by atoms with van der Waals surface area (Å²) in [5, 5.41) is 2.28. The Balaban J connectivity index is 1.62. The van der Waals surface area contributed by atoms with Crippen LogP contribution in [0.1, 0.15) is 37.0 Å². The normalized spacial score (nSPS) is 14.3. The van der Waals surface area contributed by atoms with Gasteiger partial charge in [0, 0.05) is 14.5 Å². The molecule has 1 heterocycles. The number of barbiturate groups is 1. The van der Waals surface area contributed by atoms with Crippen LogP contribution in [0.3, 0.4) is 0 Å². The zero-order chi connectivity index (χ0) is 29.5. The minimum atomic E-state index is -0.802. The van der Waals surface area contributed by atoms with E-state index in [4.69, 9.17) is 14.2 Å². The van der Waals surface area contributed by atoms with Crippen LogP contribution >= 0.6 is 47.8 Å². The molecular weight excluding hydrogens is 724 g/mol. The van der Waals surface area contributed by atoms with Gasteiger partial charge in [0.2, 0.25) is 0 Å². The van der Waals surface area contributed by atoms with Gasteiger partial charge in [-0.25, -0.2) is 4.79 Å². The Hall–Kier alpha value is -3.15. The van der Waals surface area contributed by atoms with Crippen molar-refractivity contribution >= 4 is 71.7 Å². The summed E-state index contributed by atoms with van der Waals surface area (Å²) in [4.78, 5) is 40.1. The van der Waals surface area contributed by atoms with E-state index in [1.165, 1.54) is 6.08 Å². The number of urea groups is 1. The van der Waals surface area contributed by atoms with Crippen LogP contribution in [0.25, 0.3) is 6.08 Å². The van der Waals surface area contributed by atoms with Crippen molar-refractivity contribution in [2.24, 2.45) is 0 Å². The SMILES string of the molecule is CCCOc1ccc(CN2C(=O)NC(=O)/C(=C\c3cc(Br)cc(Br)c3OCc3ccc(Br)cc3)C2=O)cc1OCC. The van der Waals surface area contributed by atoms with Crippen LogP contribution in [0.15, 0.2) is 73.6 Å². The summed E-state index contributed by atoms with van der Waals surface area (Å²) in [5.41, 5.74) is 1.85. The lowest BCUT2D eigenvalue weighted by Gasteiger charge is -2.27. The highest BCUT2D eigenvalue weighted by atomic mass is 79.9. The number of carbonyl (C=O) groups is 3. The Bertz CT molecular complexity index is 1490. The second kappa shape index (κ2) is 14.2. The summed E-state index contributed by atoms with van der Waals surface area (Å²) in [5.74, 6) is 0.0273. The molecule has 1 aliphatic rings. The van der Waals surface area contributed by atoms with Gasteiger partial charge in [-0.05, 0) is 82.9 Å². The molecule has 0 bridgehead atoms. The van der Waals surface area contributed by atoms with E-state index in [0.29, 0.717) is 50.5 Å².